The van der Waals surface area contributed by atoms with Gasteiger partial charge in [0.05, 0.1) is 18.7 Å². The van der Waals surface area contributed by atoms with Gasteiger partial charge in [-0.3, -0.25) is 14.6 Å². The highest BCUT2D eigenvalue weighted by molar-refractivity contribution is 6.46. The Hall–Kier alpha value is -3.15. The summed E-state index contributed by atoms with van der Waals surface area (Å²) in [5.74, 6) is -0.754. The SMILES string of the molecule is CCCCN1C(=O)C(=O)/C(=C(\O)c2ccc(OC)cc2C)C1c1ccncc1. The maximum atomic E-state index is 12.9. The zero-order valence-corrected chi connectivity index (χ0v) is 16.3. The molecular formula is C22H24N2O4. The van der Waals surface area contributed by atoms with E-state index >= 15 is 0 Å². The van der Waals surface area contributed by atoms with Gasteiger partial charge in [0, 0.05) is 24.5 Å². The molecule has 1 N–H and O–H groups in total. The predicted octanol–water partition coefficient (Wildman–Crippen LogP) is 3.62. The van der Waals surface area contributed by atoms with Gasteiger partial charge in [-0.1, -0.05) is 13.3 Å². The van der Waals surface area contributed by atoms with Crippen molar-refractivity contribution in [2.75, 3.05) is 13.7 Å². The van der Waals surface area contributed by atoms with Gasteiger partial charge in [-0.2, -0.15) is 0 Å². The number of Topliss-reactive ketones (excluding diaryl/α,β-unsaturated/α-hetero) is 1. The van der Waals surface area contributed by atoms with Gasteiger partial charge in [-0.25, -0.2) is 0 Å². The zero-order valence-electron chi connectivity index (χ0n) is 16.3. The van der Waals surface area contributed by atoms with Gasteiger partial charge in [0.25, 0.3) is 11.7 Å². The number of hydrogen-bond acceptors (Lipinski definition) is 5. The lowest BCUT2D eigenvalue weighted by molar-refractivity contribution is -0.139. The Morgan fingerprint density at radius 2 is 1.93 bits per heavy atom. The first kappa shape index (κ1) is 19.6. The molecule has 0 radical (unpaired) electrons. The molecule has 1 aliphatic heterocycles. The summed E-state index contributed by atoms with van der Waals surface area (Å²) in [5.41, 5.74) is 2.12. The van der Waals surface area contributed by atoms with Crippen molar-refractivity contribution in [2.45, 2.75) is 32.7 Å². The molecule has 6 heteroatoms. The van der Waals surface area contributed by atoms with Crippen LogP contribution < -0.4 is 4.74 Å². The smallest absolute Gasteiger partial charge is 0.295 e. The standard InChI is InChI=1S/C22H24N2O4/c1-4-5-12-24-19(15-8-10-23-11-9-15)18(21(26)22(24)27)20(25)17-7-6-16(28-3)13-14(17)2/h6-11,13,19,25H,4-5,12H2,1-3H3/b20-18-. The average molecular weight is 380 g/mol. The maximum Gasteiger partial charge on any atom is 0.295 e. The molecule has 0 spiro atoms. The van der Waals surface area contributed by atoms with Gasteiger partial charge in [0.1, 0.15) is 11.5 Å². The number of nitrogens with zero attached hydrogens (tertiary/aromatic N) is 2. The van der Waals surface area contributed by atoms with E-state index in [2.05, 4.69) is 4.98 Å². The summed E-state index contributed by atoms with van der Waals surface area (Å²) in [6.45, 7) is 4.30. The van der Waals surface area contributed by atoms with Gasteiger partial charge in [-0.15, -0.1) is 0 Å². The van der Waals surface area contributed by atoms with Crippen LogP contribution in [0.1, 0.15) is 42.5 Å². The number of carbonyl (C=O) groups is 2. The first-order valence-electron chi connectivity index (χ1n) is 9.33. The van der Waals surface area contributed by atoms with Gasteiger partial charge >= 0.3 is 0 Å². The molecule has 1 aliphatic rings. The van der Waals surface area contributed by atoms with Crippen molar-refractivity contribution in [3.8, 4) is 5.75 Å². The first-order chi connectivity index (χ1) is 13.5. The minimum atomic E-state index is -0.661. The van der Waals surface area contributed by atoms with E-state index in [4.69, 9.17) is 4.74 Å². The summed E-state index contributed by atoms with van der Waals surface area (Å²) in [6.07, 6.45) is 4.90. The molecule has 2 aromatic rings. The minimum absolute atomic E-state index is 0.112. The number of unbranched alkanes of at least 4 members (excludes halogenated alkanes) is 1. The van der Waals surface area contributed by atoms with Crippen molar-refractivity contribution in [3.05, 3.63) is 65.0 Å². The van der Waals surface area contributed by atoms with E-state index in [9.17, 15) is 14.7 Å². The van der Waals surface area contributed by atoms with E-state index in [1.54, 1.807) is 54.7 Å². The summed E-state index contributed by atoms with van der Waals surface area (Å²) < 4.78 is 5.21. The Morgan fingerprint density at radius 3 is 2.54 bits per heavy atom. The summed E-state index contributed by atoms with van der Waals surface area (Å²) in [5, 5.41) is 11.1. The van der Waals surface area contributed by atoms with Crippen LogP contribution in [0.5, 0.6) is 5.75 Å². The summed E-state index contributed by atoms with van der Waals surface area (Å²) in [7, 11) is 1.57. The van der Waals surface area contributed by atoms with Crippen LogP contribution >= 0.6 is 0 Å². The lowest BCUT2D eigenvalue weighted by Gasteiger charge is -2.25. The summed E-state index contributed by atoms with van der Waals surface area (Å²) in [6, 6.07) is 8.11. The van der Waals surface area contributed by atoms with Gasteiger partial charge in [-0.05, 0) is 54.8 Å². The molecule has 146 valence electrons. The second kappa shape index (κ2) is 8.25. The number of carbonyl (C=O) groups excluding carboxylic acids is 2. The highest BCUT2D eigenvalue weighted by Crippen LogP contribution is 2.40. The van der Waals surface area contributed by atoms with E-state index in [0.717, 1.165) is 24.0 Å². The number of rotatable bonds is 6. The van der Waals surface area contributed by atoms with Crippen molar-refractivity contribution in [3.63, 3.8) is 0 Å². The van der Waals surface area contributed by atoms with Crippen LogP contribution in [0.2, 0.25) is 0 Å². The molecule has 2 heterocycles. The lowest BCUT2D eigenvalue weighted by atomic mass is 9.94. The Kier molecular flexibility index (Phi) is 5.78. The van der Waals surface area contributed by atoms with Crippen molar-refractivity contribution in [1.82, 2.24) is 9.88 Å². The first-order valence-corrected chi connectivity index (χ1v) is 9.33. The van der Waals surface area contributed by atoms with Crippen LogP contribution in [-0.2, 0) is 9.59 Å². The van der Waals surface area contributed by atoms with E-state index in [-0.39, 0.29) is 11.3 Å². The van der Waals surface area contributed by atoms with Gasteiger partial charge in [0.15, 0.2) is 0 Å². The van der Waals surface area contributed by atoms with Crippen LogP contribution in [0.15, 0.2) is 48.3 Å². The molecule has 1 unspecified atom stereocenters. The number of ketones is 1. The van der Waals surface area contributed by atoms with E-state index in [1.807, 2.05) is 13.8 Å². The van der Waals surface area contributed by atoms with Crippen molar-refractivity contribution in [1.29, 1.82) is 0 Å². The Labute approximate surface area is 164 Å². The summed E-state index contributed by atoms with van der Waals surface area (Å²) in [4.78, 5) is 31.2. The number of aryl methyl sites for hydroxylation is 1. The molecule has 1 fully saturated rings. The average Bonchev–Trinajstić information content (AvgIpc) is 2.97. The molecule has 1 amide bonds. The van der Waals surface area contributed by atoms with Gasteiger partial charge < -0.3 is 14.7 Å². The van der Waals surface area contributed by atoms with Crippen molar-refractivity contribution >= 4 is 17.4 Å². The number of methoxy groups -OCH3 is 1. The molecule has 1 atom stereocenters. The van der Waals surface area contributed by atoms with Crippen molar-refractivity contribution in [2.24, 2.45) is 0 Å². The highest BCUT2D eigenvalue weighted by atomic mass is 16.5. The highest BCUT2D eigenvalue weighted by Gasteiger charge is 2.45. The molecule has 1 saturated heterocycles. The molecule has 1 aromatic carbocycles. The van der Waals surface area contributed by atoms with Crippen LogP contribution in [0.4, 0.5) is 0 Å². The second-order valence-electron chi connectivity index (χ2n) is 6.81. The van der Waals surface area contributed by atoms with Crippen LogP contribution in [0.3, 0.4) is 0 Å². The zero-order chi connectivity index (χ0) is 20.3. The van der Waals surface area contributed by atoms with E-state index in [1.165, 1.54) is 0 Å². The van der Waals surface area contributed by atoms with Crippen molar-refractivity contribution < 1.29 is 19.4 Å². The Morgan fingerprint density at radius 1 is 1.21 bits per heavy atom. The maximum absolute atomic E-state index is 12.9. The van der Waals surface area contributed by atoms with Crippen LogP contribution in [0, 0.1) is 6.92 Å². The molecule has 28 heavy (non-hydrogen) atoms. The van der Waals surface area contributed by atoms with E-state index < -0.39 is 17.7 Å². The molecule has 6 nitrogen and oxygen atoms in total. The lowest BCUT2D eigenvalue weighted by Crippen LogP contribution is -2.30. The second-order valence-corrected chi connectivity index (χ2v) is 6.81. The van der Waals surface area contributed by atoms with Crippen LogP contribution in [0.25, 0.3) is 5.76 Å². The topological polar surface area (TPSA) is 79.7 Å². The van der Waals surface area contributed by atoms with Crippen LogP contribution in [-0.4, -0.2) is 40.3 Å². The molecule has 0 bridgehead atoms. The number of aliphatic hydroxyl groups is 1. The minimum Gasteiger partial charge on any atom is -0.507 e. The number of pyridine rings is 1. The fourth-order valence-corrected chi connectivity index (χ4v) is 3.51. The molecule has 3 rings (SSSR count). The predicted molar refractivity (Wildman–Crippen MR) is 106 cm³/mol. The third-order valence-electron chi connectivity index (χ3n) is 5.00. The summed E-state index contributed by atoms with van der Waals surface area (Å²) >= 11 is 0. The molecule has 1 aromatic heterocycles. The molecule has 0 aliphatic carbocycles. The third kappa shape index (κ3) is 3.50. The number of hydrogen-bond donors (Lipinski definition) is 1. The number of amides is 1. The largest absolute Gasteiger partial charge is 0.507 e. The van der Waals surface area contributed by atoms with E-state index in [0.29, 0.717) is 17.9 Å². The number of likely N-dealkylation sites (tertiary alicyclic amines) is 1. The fourth-order valence-electron chi connectivity index (χ4n) is 3.51. The Bertz CT molecular complexity index is 921. The third-order valence-corrected chi connectivity index (χ3v) is 5.00. The fraction of sp³-hybridized carbons (Fsp3) is 0.318. The number of ether oxygens (including phenoxy) is 1. The van der Waals surface area contributed by atoms with Gasteiger partial charge in [0.2, 0.25) is 0 Å². The Balaban J connectivity index is 2.16. The number of aromatic nitrogens is 1. The normalized spacial score (nSPS) is 18.5. The monoisotopic (exact) mass is 380 g/mol. The number of benzene rings is 1. The molecular weight excluding hydrogens is 356 g/mol. The number of aliphatic hydroxyl groups excluding tert-OH is 1. The molecule has 0 saturated carbocycles. The quantitative estimate of drug-likeness (QED) is 0.470.